The van der Waals surface area contributed by atoms with E-state index in [4.69, 9.17) is 0 Å². The predicted molar refractivity (Wildman–Crippen MR) is 104 cm³/mol. The molecule has 28 heavy (non-hydrogen) atoms. The van der Waals surface area contributed by atoms with E-state index in [2.05, 4.69) is 10.3 Å². The van der Waals surface area contributed by atoms with E-state index in [1.54, 1.807) is 30.6 Å². The van der Waals surface area contributed by atoms with E-state index >= 15 is 0 Å². The number of pyridine rings is 1. The van der Waals surface area contributed by atoms with Gasteiger partial charge in [-0.1, -0.05) is 25.3 Å². The van der Waals surface area contributed by atoms with Crippen molar-refractivity contribution in [3.8, 4) is 0 Å². The predicted octanol–water partition coefficient (Wildman–Crippen LogP) is 2.98. The Morgan fingerprint density at radius 3 is 2.61 bits per heavy atom. The van der Waals surface area contributed by atoms with E-state index < -0.39 is 0 Å². The summed E-state index contributed by atoms with van der Waals surface area (Å²) in [5.41, 5.74) is 2.19. The molecule has 6 heteroatoms. The topological polar surface area (TPSA) is 79.4 Å². The van der Waals surface area contributed by atoms with Gasteiger partial charge in [0.15, 0.2) is 0 Å². The Kier molecular flexibility index (Phi) is 5.19. The number of carbonyl (C=O) groups is 3. The summed E-state index contributed by atoms with van der Waals surface area (Å²) in [7, 11) is 0. The van der Waals surface area contributed by atoms with Gasteiger partial charge in [-0.25, -0.2) is 0 Å². The van der Waals surface area contributed by atoms with Gasteiger partial charge in [-0.2, -0.15) is 0 Å². The van der Waals surface area contributed by atoms with Crippen LogP contribution in [0, 0.1) is 0 Å². The SMILES string of the molecule is O=C(NCCc1cccnc1)c1ccc2c(c1)C(=O)N(C1CCCCC1)C2=O. The highest BCUT2D eigenvalue weighted by Crippen LogP contribution is 2.31. The minimum atomic E-state index is -0.267. The van der Waals surface area contributed by atoms with Crippen LogP contribution in [0.15, 0.2) is 42.7 Å². The molecular weight excluding hydrogens is 354 g/mol. The number of rotatable bonds is 5. The monoisotopic (exact) mass is 377 g/mol. The van der Waals surface area contributed by atoms with Gasteiger partial charge in [0.05, 0.1) is 11.1 Å². The van der Waals surface area contributed by atoms with Crippen LogP contribution in [0.1, 0.15) is 68.7 Å². The molecule has 144 valence electrons. The molecule has 3 amide bonds. The maximum Gasteiger partial charge on any atom is 0.261 e. The third kappa shape index (κ3) is 3.54. The molecule has 1 aliphatic heterocycles. The van der Waals surface area contributed by atoms with Gasteiger partial charge in [0, 0.05) is 30.5 Å². The second-order valence-corrected chi connectivity index (χ2v) is 7.40. The number of imide groups is 1. The lowest BCUT2D eigenvalue weighted by Crippen LogP contribution is -2.40. The molecule has 1 aliphatic carbocycles. The number of fused-ring (bicyclic) bond motifs is 1. The van der Waals surface area contributed by atoms with Crippen molar-refractivity contribution in [1.82, 2.24) is 15.2 Å². The van der Waals surface area contributed by atoms with Gasteiger partial charge in [0.1, 0.15) is 0 Å². The Morgan fingerprint density at radius 1 is 1.07 bits per heavy atom. The van der Waals surface area contributed by atoms with Crippen molar-refractivity contribution in [2.45, 2.75) is 44.6 Å². The summed E-state index contributed by atoms with van der Waals surface area (Å²) in [5.74, 6) is -0.740. The van der Waals surface area contributed by atoms with E-state index in [1.165, 1.54) is 4.90 Å². The van der Waals surface area contributed by atoms with Crippen molar-refractivity contribution in [2.24, 2.45) is 0 Å². The summed E-state index contributed by atoms with van der Waals surface area (Å²) in [6, 6.07) is 8.58. The van der Waals surface area contributed by atoms with Crippen LogP contribution in [-0.4, -0.2) is 40.2 Å². The Labute approximate surface area is 164 Å². The first-order valence-electron chi connectivity index (χ1n) is 9.84. The largest absolute Gasteiger partial charge is 0.352 e. The van der Waals surface area contributed by atoms with Crippen LogP contribution in [0.5, 0.6) is 0 Å². The second-order valence-electron chi connectivity index (χ2n) is 7.40. The number of carbonyl (C=O) groups excluding carboxylic acids is 3. The van der Waals surface area contributed by atoms with E-state index in [-0.39, 0.29) is 23.8 Å². The number of nitrogens with zero attached hydrogens (tertiary/aromatic N) is 2. The third-order valence-corrected chi connectivity index (χ3v) is 5.54. The number of nitrogens with one attached hydrogen (secondary N) is 1. The zero-order chi connectivity index (χ0) is 19.5. The maximum absolute atomic E-state index is 12.8. The lowest BCUT2D eigenvalue weighted by atomic mass is 9.94. The average molecular weight is 377 g/mol. The Morgan fingerprint density at radius 2 is 1.86 bits per heavy atom. The molecule has 1 aromatic heterocycles. The molecule has 4 rings (SSSR count). The maximum atomic E-state index is 12.8. The molecule has 2 heterocycles. The molecule has 0 unspecified atom stereocenters. The highest BCUT2D eigenvalue weighted by Gasteiger charge is 2.40. The summed E-state index contributed by atoms with van der Waals surface area (Å²) >= 11 is 0. The molecule has 0 saturated heterocycles. The first kappa shape index (κ1) is 18.3. The third-order valence-electron chi connectivity index (χ3n) is 5.54. The van der Waals surface area contributed by atoms with Crippen LogP contribution in [0.3, 0.4) is 0 Å². The van der Waals surface area contributed by atoms with Gasteiger partial charge >= 0.3 is 0 Å². The molecular formula is C22H23N3O3. The molecule has 1 N–H and O–H groups in total. The highest BCUT2D eigenvalue weighted by atomic mass is 16.2. The molecule has 1 saturated carbocycles. The van der Waals surface area contributed by atoms with Crippen molar-refractivity contribution in [1.29, 1.82) is 0 Å². The molecule has 0 spiro atoms. The van der Waals surface area contributed by atoms with Crippen molar-refractivity contribution in [2.75, 3.05) is 6.54 Å². The summed E-state index contributed by atoms with van der Waals surface area (Å²) < 4.78 is 0. The second kappa shape index (κ2) is 7.92. The molecule has 1 aromatic carbocycles. The molecule has 2 aromatic rings. The van der Waals surface area contributed by atoms with Crippen LogP contribution in [0.25, 0.3) is 0 Å². The number of amides is 3. The summed E-state index contributed by atoms with van der Waals surface area (Å²) in [6.07, 6.45) is 9.14. The summed E-state index contributed by atoms with van der Waals surface area (Å²) in [6.45, 7) is 0.475. The molecule has 0 atom stereocenters. The number of aromatic nitrogens is 1. The van der Waals surface area contributed by atoms with E-state index in [0.717, 1.165) is 37.7 Å². The van der Waals surface area contributed by atoms with Crippen molar-refractivity contribution >= 4 is 17.7 Å². The summed E-state index contributed by atoms with van der Waals surface area (Å²) in [4.78, 5) is 43.5. The molecule has 2 aliphatic rings. The van der Waals surface area contributed by atoms with Crippen molar-refractivity contribution in [3.63, 3.8) is 0 Å². The van der Waals surface area contributed by atoms with Crippen LogP contribution >= 0.6 is 0 Å². The summed E-state index contributed by atoms with van der Waals surface area (Å²) in [5, 5.41) is 2.86. The van der Waals surface area contributed by atoms with Crippen LogP contribution in [-0.2, 0) is 6.42 Å². The molecule has 0 bridgehead atoms. The lowest BCUT2D eigenvalue weighted by Gasteiger charge is -2.29. The average Bonchev–Trinajstić information content (AvgIpc) is 2.99. The highest BCUT2D eigenvalue weighted by molar-refractivity contribution is 6.22. The van der Waals surface area contributed by atoms with Crippen LogP contribution in [0.2, 0.25) is 0 Å². The Hall–Kier alpha value is -3.02. The first-order chi connectivity index (χ1) is 13.6. The van der Waals surface area contributed by atoms with Gasteiger partial charge in [0.25, 0.3) is 17.7 Å². The normalized spacial score (nSPS) is 16.9. The fourth-order valence-electron chi connectivity index (χ4n) is 4.04. The molecule has 6 nitrogen and oxygen atoms in total. The number of hydrogen-bond donors (Lipinski definition) is 1. The van der Waals surface area contributed by atoms with Crippen LogP contribution in [0.4, 0.5) is 0 Å². The first-order valence-corrected chi connectivity index (χ1v) is 9.84. The van der Waals surface area contributed by atoms with Gasteiger partial charge in [-0.05, 0) is 49.1 Å². The fourth-order valence-corrected chi connectivity index (χ4v) is 4.04. The van der Waals surface area contributed by atoms with Crippen molar-refractivity contribution in [3.05, 3.63) is 65.0 Å². The minimum Gasteiger partial charge on any atom is -0.352 e. The van der Waals surface area contributed by atoms with E-state index in [1.807, 2.05) is 12.1 Å². The Bertz CT molecular complexity index is 904. The van der Waals surface area contributed by atoms with Gasteiger partial charge in [0.2, 0.25) is 0 Å². The van der Waals surface area contributed by atoms with Crippen molar-refractivity contribution < 1.29 is 14.4 Å². The molecule has 1 fully saturated rings. The van der Waals surface area contributed by atoms with Gasteiger partial charge in [-0.3, -0.25) is 24.3 Å². The minimum absolute atomic E-state index is 0.0158. The zero-order valence-corrected chi connectivity index (χ0v) is 15.7. The molecule has 0 radical (unpaired) electrons. The lowest BCUT2D eigenvalue weighted by molar-refractivity contribution is 0.0549. The van der Waals surface area contributed by atoms with Gasteiger partial charge < -0.3 is 5.32 Å². The Balaban J connectivity index is 1.44. The smallest absolute Gasteiger partial charge is 0.261 e. The fraction of sp³-hybridized carbons (Fsp3) is 0.364. The van der Waals surface area contributed by atoms with Crippen LogP contribution < -0.4 is 5.32 Å². The van der Waals surface area contributed by atoms with E-state index in [0.29, 0.717) is 29.7 Å². The number of benzene rings is 1. The van der Waals surface area contributed by atoms with E-state index in [9.17, 15) is 14.4 Å². The quantitative estimate of drug-likeness (QED) is 0.813. The van der Waals surface area contributed by atoms with Gasteiger partial charge in [-0.15, -0.1) is 0 Å². The standard InChI is InChI=1S/C22H23N3O3/c26-20(24-12-10-15-5-4-11-23-14-15)16-8-9-18-19(13-16)22(28)25(21(18)27)17-6-2-1-3-7-17/h4-5,8-9,11,13-14,17H,1-3,6-7,10,12H2,(H,24,26). The number of hydrogen-bond acceptors (Lipinski definition) is 4. The zero-order valence-electron chi connectivity index (χ0n) is 15.7.